The zero-order valence-corrected chi connectivity index (χ0v) is 27.6. The van der Waals surface area contributed by atoms with Crippen molar-refractivity contribution >= 4 is 34.8 Å². The molecule has 0 saturated carbocycles. The van der Waals surface area contributed by atoms with Crippen molar-refractivity contribution in [1.82, 2.24) is 4.90 Å². The van der Waals surface area contributed by atoms with Crippen molar-refractivity contribution in [3.05, 3.63) is 75.1 Å². The molecule has 0 bridgehead atoms. The molecule has 2 aromatic rings. The molecule has 44 heavy (non-hydrogen) atoms. The van der Waals surface area contributed by atoms with Crippen LogP contribution in [0.2, 0.25) is 5.02 Å². The Labute approximate surface area is 265 Å². The number of nitrogens with one attached hydrogen (secondary N) is 1. The standard InChI is InChI=1S/C36H43ClN2O5/c1-8-39-25-16-35(4,5)18-27(40)33(25)32(34-26(39)17-36(6,7)19-28(34)41)22-11-13-29(30(14-22)43-9-2)44-20-31(42)38-23-12-10-21(3)24(37)15-23/h10-15,32H,8-9,16-20H2,1-7H3,(H,38,42). The summed E-state index contributed by atoms with van der Waals surface area (Å²) in [6.07, 6.45) is 2.40. The molecule has 5 rings (SSSR count). The average Bonchev–Trinajstić information content (AvgIpc) is 2.92. The first-order valence-electron chi connectivity index (χ1n) is 15.5. The van der Waals surface area contributed by atoms with Crippen molar-refractivity contribution in [2.24, 2.45) is 10.8 Å². The minimum absolute atomic E-state index is 0.0926. The van der Waals surface area contributed by atoms with Gasteiger partial charge in [-0.1, -0.05) is 51.4 Å². The Morgan fingerprint density at radius 1 is 0.886 bits per heavy atom. The molecule has 8 heteroatoms. The van der Waals surface area contributed by atoms with E-state index in [2.05, 4.69) is 44.8 Å². The van der Waals surface area contributed by atoms with E-state index in [9.17, 15) is 14.4 Å². The number of benzene rings is 2. The van der Waals surface area contributed by atoms with Crippen molar-refractivity contribution in [3.8, 4) is 11.5 Å². The SMILES string of the molecule is CCOc1cc(C2C3=C(CC(C)(C)CC3=O)N(CC)C3=C2C(=O)CC(C)(C)C3)ccc1OCC(=O)Nc1ccc(C)c(Cl)c1. The number of nitrogens with zero attached hydrogens (tertiary/aromatic N) is 1. The second-order valence-corrected chi connectivity index (χ2v) is 14.1. The Balaban J connectivity index is 1.51. The highest BCUT2D eigenvalue weighted by molar-refractivity contribution is 6.31. The molecule has 0 spiro atoms. The fourth-order valence-electron chi connectivity index (χ4n) is 6.87. The number of carbonyl (C=O) groups is 3. The van der Waals surface area contributed by atoms with Crippen molar-refractivity contribution in [3.63, 3.8) is 0 Å². The van der Waals surface area contributed by atoms with Crippen LogP contribution in [0.4, 0.5) is 5.69 Å². The molecule has 0 saturated heterocycles. The number of anilines is 1. The summed E-state index contributed by atoms with van der Waals surface area (Å²) in [4.78, 5) is 42.8. The highest BCUT2D eigenvalue weighted by atomic mass is 35.5. The van der Waals surface area contributed by atoms with Crippen LogP contribution in [0.15, 0.2) is 58.9 Å². The number of ether oxygens (including phenoxy) is 2. The molecule has 0 unspecified atom stereocenters. The second-order valence-electron chi connectivity index (χ2n) is 13.7. The van der Waals surface area contributed by atoms with Crippen LogP contribution in [0.1, 0.15) is 84.3 Å². The number of rotatable bonds is 8. The van der Waals surface area contributed by atoms with Gasteiger partial charge in [-0.25, -0.2) is 0 Å². The van der Waals surface area contributed by atoms with E-state index >= 15 is 0 Å². The predicted octanol–water partition coefficient (Wildman–Crippen LogP) is 7.77. The zero-order valence-electron chi connectivity index (χ0n) is 26.9. The predicted molar refractivity (Wildman–Crippen MR) is 173 cm³/mol. The van der Waals surface area contributed by atoms with E-state index in [4.69, 9.17) is 21.1 Å². The number of halogens is 1. The van der Waals surface area contributed by atoms with Gasteiger partial charge in [0, 0.05) is 58.6 Å². The average molecular weight is 619 g/mol. The minimum Gasteiger partial charge on any atom is -0.490 e. The number of allylic oxidation sites excluding steroid dienone is 4. The molecular weight excluding hydrogens is 576 g/mol. The van der Waals surface area contributed by atoms with Crippen LogP contribution >= 0.6 is 11.6 Å². The summed E-state index contributed by atoms with van der Waals surface area (Å²) in [5.41, 5.74) is 5.51. The van der Waals surface area contributed by atoms with E-state index in [-0.39, 0.29) is 34.9 Å². The molecule has 234 valence electrons. The Kier molecular flexibility index (Phi) is 8.74. The largest absolute Gasteiger partial charge is 0.490 e. The van der Waals surface area contributed by atoms with Gasteiger partial charge in [-0.2, -0.15) is 0 Å². The third-order valence-electron chi connectivity index (χ3n) is 8.75. The molecule has 0 fully saturated rings. The molecule has 1 N–H and O–H groups in total. The number of ketones is 2. The van der Waals surface area contributed by atoms with Gasteiger partial charge in [0.1, 0.15) is 0 Å². The fourth-order valence-corrected chi connectivity index (χ4v) is 7.05. The first-order valence-corrected chi connectivity index (χ1v) is 15.9. The molecule has 0 atom stereocenters. The maximum absolute atomic E-state index is 13.9. The third kappa shape index (κ3) is 6.30. The lowest BCUT2D eigenvalue weighted by Crippen LogP contribution is -2.44. The van der Waals surface area contributed by atoms with Crippen molar-refractivity contribution in [1.29, 1.82) is 0 Å². The summed E-state index contributed by atoms with van der Waals surface area (Å²) in [5, 5.41) is 3.38. The van der Waals surface area contributed by atoms with Gasteiger partial charge in [0.25, 0.3) is 5.91 Å². The summed E-state index contributed by atoms with van der Waals surface area (Å²) in [6, 6.07) is 10.9. The van der Waals surface area contributed by atoms with Gasteiger partial charge < -0.3 is 19.7 Å². The molecule has 2 aromatic carbocycles. The fraction of sp³-hybridized carbons (Fsp3) is 0.472. The topological polar surface area (TPSA) is 84.9 Å². The lowest BCUT2D eigenvalue weighted by molar-refractivity contribution is -0.120. The van der Waals surface area contributed by atoms with Gasteiger partial charge in [0.15, 0.2) is 29.7 Å². The molecule has 7 nitrogen and oxygen atoms in total. The Morgan fingerprint density at radius 3 is 2.05 bits per heavy atom. The summed E-state index contributed by atoms with van der Waals surface area (Å²) in [5.74, 6) is 0.252. The van der Waals surface area contributed by atoms with Crippen LogP contribution in [0.3, 0.4) is 0 Å². The van der Waals surface area contributed by atoms with Gasteiger partial charge in [-0.3, -0.25) is 14.4 Å². The summed E-state index contributed by atoms with van der Waals surface area (Å²) in [6.45, 7) is 15.3. The lowest BCUT2D eigenvalue weighted by Gasteiger charge is -2.48. The normalized spacial score (nSPS) is 19.5. The van der Waals surface area contributed by atoms with E-state index in [1.165, 1.54) is 0 Å². The highest BCUT2D eigenvalue weighted by Gasteiger charge is 2.48. The van der Waals surface area contributed by atoms with Crippen LogP contribution in [0.5, 0.6) is 11.5 Å². The minimum atomic E-state index is -0.474. The monoisotopic (exact) mass is 618 g/mol. The van der Waals surface area contributed by atoms with Crippen LogP contribution in [-0.4, -0.2) is 42.1 Å². The van der Waals surface area contributed by atoms with E-state index < -0.39 is 5.92 Å². The molecule has 1 aliphatic heterocycles. The maximum Gasteiger partial charge on any atom is 0.262 e. The first-order chi connectivity index (χ1) is 20.7. The van der Waals surface area contributed by atoms with Crippen molar-refractivity contribution < 1.29 is 23.9 Å². The van der Waals surface area contributed by atoms with Crippen LogP contribution in [0.25, 0.3) is 0 Å². The summed E-state index contributed by atoms with van der Waals surface area (Å²) < 4.78 is 11.9. The molecule has 1 heterocycles. The van der Waals surface area contributed by atoms with Crippen LogP contribution < -0.4 is 14.8 Å². The van der Waals surface area contributed by atoms with Gasteiger partial charge in [0.2, 0.25) is 0 Å². The number of hydrogen-bond donors (Lipinski definition) is 1. The van der Waals surface area contributed by atoms with E-state index in [1.54, 1.807) is 18.2 Å². The van der Waals surface area contributed by atoms with Gasteiger partial charge in [0.05, 0.1) is 6.61 Å². The van der Waals surface area contributed by atoms with Crippen molar-refractivity contribution in [2.75, 3.05) is 25.1 Å². The molecule has 0 aromatic heterocycles. The molecular formula is C36H43ClN2O5. The maximum atomic E-state index is 13.9. The quantitative estimate of drug-likeness (QED) is 0.325. The Morgan fingerprint density at radius 2 is 1.50 bits per heavy atom. The number of amides is 1. The number of carbonyl (C=O) groups excluding carboxylic acids is 3. The van der Waals surface area contributed by atoms with E-state index in [0.29, 0.717) is 48.2 Å². The highest BCUT2D eigenvalue weighted by Crippen LogP contribution is 2.54. The molecule has 1 amide bonds. The lowest BCUT2D eigenvalue weighted by atomic mass is 9.63. The number of aryl methyl sites for hydroxylation is 1. The van der Waals surface area contributed by atoms with Crippen LogP contribution in [0, 0.1) is 17.8 Å². The Bertz CT molecular complexity index is 1530. The van der Waals surface area contributed by atoms with Gasteiger partial charge in [-0.15, -0.1) is 0 Å². The number of hydrogen-bond acceptors (Lipinski definition) is 6. The first kappa shape index (κ1) is 31.8. The van der Waals surface area contributed by atoms with E-state index in [0.717, 1.165) is 46.5 Å². The van der Waals surface area contributed by atoms with Gasteiger partial charge >= 0.3 is 0 Å². The molecule has 3 aliphatic rings. The van der Waals surface area contributed by atoms with Crippen LogP contribution in [-0.2, 0) is 14.4 Å². The Hall–Kier alpha value is -3.58. The molecule has 2 aliphatic carbocycles. The van der Waals surface area contributed by atoms with Gasteiger partial charge in [-0.05, 0) is 79.8 Å². The summed E-state index contributed by atoms with van der Waals surface area (Å²) in [7, 11) is 0. The third-order valence-corrected chi connectivity index (χ3v) is 9.16. The van der Waals surface area contributed by atoms with E-state index in [1.807, 2.05) is 32.0 Å². The molecule has 0 radical (unpaired) electrons. The smallest absolute Gasteiger partial charge is 0.262 e. The van der Waals surface area contributed by atoms with Crippen molar-refractivity contribution in [2.45, 2.75) is 80.1 Å². The second kappa shape index (κ2) is 12.1. The summed E-state index contributed by atoms with van der Waals surface area (Å²) >= 11 is 6.20. The zero-order chi connectivity index (χ0) is 32.0. The number of Topliss-reactive ketones (excluding diaryl/α,β-unsaturated/α-hetero) is 2.